The summed E-state index contributed by atoms with van der Waals surface area (Å²) in [4.78, 5) is 4.37. The molecule has 0 aliphatic carbocycles. The third kappa shape index (κ3) is 2.71. The monoisotopic (exact) mass is 282 g/mol. The molecule has 21 heavy (non-hydrogen) atoms. The number of rotatable bonds is 3. The highest BCUT2D eigenvalue weighted by Gasteiger charge is 2.10. The van der Waals surface area contributed by atoms with Gasteiger partial charge in [-0.3, -0.25) is 19.6 Å². The molecule has 0 saturated heterocycles. The van der Waals surface area contributed by atoms with Gasteiger partial charge in [0, 0.05) is 31.5 Å². The SMILES string of the molecule is C=C(c1cnn(C)c1)n1cc(C2=CCCNC2)ncc1=N. The van der Waals surface area contributed by atoms with E-state index in [4.69, 9.17) is 5.41 Å². The largest absolute Gasteiger partial charge is 0.312 e. The molecule has 1 aliphatic rings. The zero-order valence-electron chi connectivity index (χ0n) is 12.0. The van der Waals surface area contributed by atoms with Crippen LogP contribution in [0.4, 0.5) is 0 Å². The quantitative estimate of drug-likeness (QED) is 0.882. The van der Waals surface area contributed by atoms with Crippen LogP contribution in [0.15, 0.2) is 37.4 Å². The number of hydrogen-bond acceptors (Lipinski definition) is 4. The molecule has 2 aromatic rings. The van der Waals surface area contributed by atoms with E-state index < -0.39 is 0 Å². The molecule has 0 saturated carbocycles. The first-order valence-electron chi connectivity index (χ1n) is 6.87. The maximum absolute atomic E-state index is 8.05. The first-order valence-corrected chi connectivity index (χ1v) is 6.87. The molecular weight excluding hydrogens is 264 g/mol. The fourth-order valence-electron chi connectivity index (χ4n) is 2.36. The minimum absolute atomic E-state index is 0.303. The summed E-state index contributed by atoms with van der Waals surface area (Å²) in [6.45, 7) is 5.89. The van der Waals surface area contributed by atoms with Crippen LogP contribution in [0.25, 0.3) is 11.3 Å². The maximum atomic E-state index is 8.05. The summed E-state index contributed by atoms with van der Waals surface area (Å²) in [5.74, 6) is 0. The Balaban J connectivity index is 2.00. The molecule has 3 heterocycles. The van der Waals surface area contributed by atoms with Gasteiger partial charge in [-0.25, -0.2) is 0 Å². The van der Waals surface area contributed by atoms with E-state index in [1.54, 1.807) is 21.6 Å². The molecular formula is C15H18N6. The minimum Gasteiger partial charge on any atom is -0.312 e. The lowest BCUT2D eigenvalue weighted by molar-refractivity contribution is 0.735. The van der Waals surface area contributed by atoms with Crippen molar-refractivity contribution in [2.45, 2.75) is 6.42 Å². The molecule has 0 radical (unpaired) electrons. The van der Waals surface area contributed by atoms with Crippen LogP contribution in [0.3, 0.4) is 0 Å². The van der Waals surface area contributed by atoms with Gasteiger partial charge in [0.2, 0.25) is 0 Å². The fourth-order valence-corrected chi connectivity index (χ4v) is 2.36. The van der Waals surface area contributed by atoms with E-state index in [9.17, 15) is 0 Å². The van der Waals surface area contributed by atoms with Gasteiger partial charge in [0.1, 0.15) is 5.49 Å². The summed E-state index contributed by atoms with van der Waals surface area (Å²) in [5, 5.41) is 15.5. The number of aromatic nitrogens is 4. The van der Waals surface area contributed by atoms with Crippen LogP contribution < -0.4 is 10.8 Å². The summed E-state index contributed by atoms with van der Waals surface area (Å²) < 4.78 is 3.47. The van der Waals surface area contributed by atoms with Crippen molar-refractivity contribution in [3.8, 4) is 0 Å². The zero-order valence-corrected chi connectivity index (χ0v) is 12.0. The minimum atomic E-state index is 0.303. The Bertz CT molecular complexity index is 764. The lowest BCUT2D eigenvalue weighted by atomic mass is 10.1. The Kier molecular flexibility index (Phi) is 3.53. The second kappa shape index (κ2) is 5.49. The molecule has 1 aliphatic heterocycles. The smallest absolute Gasteiger partial charge is 0.148 e. The molecule has 6 heteroatoms. The molecule has 0 aromatic carbocycles. The summed E-state index contributed by atoms with van der Waals surface area (Å²) >= 11 is 0. The first kappa shape index (κ1) is 13.5. The van der Waals surface area contributed by atoms with E-state index in [-0.39, 0.29) is 0 Å². The van der Waals surface area contributed by atoms with E-state index in [0.717, 1.165) is 42.0 Å². The second-order valence-corrected chi connectivity index (χ2v) is 5.07. The zero-order chi connectivity index (χ0) is 14.8. The highest BCUT2D eigenvalue weighted by molar-refractivity contribution is 5.67. The highest BCUT2D eigenvalue weighted by Crippen LogP contribution is 2.16. The summed E-state index contributed by atoms with van der Waals surface area (Å²) in [6, 6.07) is 0. The fraction of sp³-hybridized carbons (Fsp3) is 0.267. The van der Waals surface area contributed by atoms with Crippen LogP contribution in [0.1, 0.15) is 17.7 Å². The van der Waals surface area contributed by atoms with Crippen LogP contribution in [0, 0.1) is 5.41 Å². The summed E-state index contributed by atoms with van der Waals surface area (Å²) in [6.07, 6.45) is 10.3. The topological polar surface area (TPSA) is 71.5 Å². The Hall–Kier alpha value is -2.47. The average molecular weight is 282 g/mol. The third-order valence-corrected chi connectivity index (χ3v) is 3.52. The average Bonchev–Trinajstić information content (AvgIpc) is 2.94. The van der Waals surface area contributed by atoms with E-state index >= 15 is 0 Å². The van der Waals surface area contributed by atoms with Crippen molar-refractivity contribution in [1.82, 2.24) is 24.6 Å². The van der Waals surface area contributed by atoms with Crippen LogP contribution >= 0.6 is 0 Å². The summed E-state index contributed by atoms with van der Waals surface area (Å²) in [7, 11) is 1.86. The predicted octanol–water partition coefficient (Wildman–Crippen LogP) is 0.992. The Labute approximate surface area is 123 Å². The standard InChI is InChI=1S/C15H18N6/c1-11(13-7-19-20(2)9-13)21-10-14(18-8-15(21)16)12-4-3-5-17-6-12/h4,7-10,16-17H,1,3,5-6H2,2H3. The van der Waals surface area contributed by atoms with Crippen LogP contribution in [0.2, 0.25) is 0 Å². The number of aryl methyl sites for hydroxylation is 1. The predicted molar refractivity (Wildman–Crippen MR) is 81.2 cm³/mol. The second-order valence-electron chi connectivity index (χ2n) is 5.07. The highest BCUT2D eigenvalue weighted by atomic mass is 15.2. The van der Waals surface area contributed by atoms with Crippen molar-refractivity contribution in [3.63, 3.8) is 0 Å². The molecule has 2 aromatic heterocycles. The maximum Gasteiger partial charge on any atom is 0.148 e. The molecule has 0 bridgehead atoms. The molecule has 0 spiro atoms. The van der Waals surface area contributed by atoms with Crippen LogP contribution in [0.5, 0.6) is 0 Å². The van der Waals surface area contributed by atoms with Crippen molar-refractivity contribution >= 4 is 11.3 Å². The van der Waals surface area contributed by atoms with Gasteiger partial charge in [-0.1, -0.05) is 12.7 Å². The first-order chi connectivity index (χ1) is 10.1. The number of hydrogen-bond donors (Lipinski definition) is 2. The van der Waals surface area contributed by atoms with Crippen LogP contribution in [-0.2, 0) is 7.05 Å². The molecule has 0 atom stereocenters. The van der Waals surface area contributed by atoms with E-state index in [2.05, 4.69) is 28.1 Å². The number of nitrogens with zero attached hydrogens (tertiary/aromatic N) is 4. The van der Waals surface area contributed by atoms with Gasteiger partial charge in [0.15, 0.2) is 0 Å². The lowest BCUT2D eigenvalue weighted by Crippen LogP contribution is -2.24. The van der Waals surface area contributed by atoms with Gasteiger partial charge < -0.3 is 5.32 Å². The molecule has 6 nitrogen and oxygen atoms in total. The van der Waals surface area contributed by atoms with Crippen molar-refractivity contribution in [3.05, 3.63) is 54.2 Å². The van der Waals surface area contributed by atoms with Gasteiger partial charge >= 0.3 is 0 Å². The van der Waals surface area contributed by atoms with Gasteiger partial charge in [0.05, 0.1) is 23.8 Å². The molecule has 0 amide bonds. The van der Waals surface area contributed by atoms with E-state index in [1.165, 1.54) is 0 Å². The van der Waals surface area contributed by atoms with E-state index in [1.807, 2.05) is 19.4 Å². The van der Waals surface area contributed by atoms with E-state index in [0.29, 0.717) is 5.49 Å². The molecule has 108 valence electrons. The normalized spacial score (nSPS) is 14.8. The lowest BCUT2D eigenvalue weighted by Gasteiger charge is -2.16. The molecule has 0 unspecified atom stereocenters. The van der Waals surface area contributed by atoms with Crippen molar-refractivity contribution in [2.24, 2.45) is 7.05 Å². The molecule has 2 N–H and O–H groups in total. The van der Waals surface area contributed by atoms with Crippen molar-refractivity contribution < 1.29 is 0 Å². The van der Waals surface area contributed by atoms with Gasteiger partial charge in [0.25, 0.3) is 0 Å². The third-order valence-electron chi connectivity index (χ3n) is 3.52. The number of nitrogens with one attached hydrogen (secondary N) is 2. The molecule has 3 rings (SSSR count). The Morgan fingerprint density at radius 1 is 1.38 bits per heavy atom. The Morgan fingerprint density at radius 3 is 2.90 bits per heavy atom. The Morgan fingerprint density at radius 2 is 2.24 bits per heavy atom. The van der Waals surface area contributed by atoms with Crippen molar-refractivity contribution in [2.75, 3.05) is 13.1 Å². The van der Waals surface area contributed by atoms with Gasteiger partial charge in [-0.05, 0) is 18.5 Å². The van der Waals surface area contributed by atoms with Gasteiger partial charge in [-0.2, -0.15) is 5.10 Å². The van der Waals surface area contributed by atoms with Crippen molar-refractivity contribution in [1.29, 1.82) is 5.41 Å². The molecule has 0 fully saturated rings. The summed E-state index contributed by atoms with van der Waals surface area (Å²) in [5.41, 5.74) is 3.96. The van der Waals surface area contributed by atoms with Gasteiger partial charge in [-0.15, -0.1) is 0 Å². The van der Waals surface area contributed by atoms with Crippen LogP contribution in [-0.4, -0.2) is 32.4 Å².